The van der Waals surface area contributed by atoms with E-state index < -0.39 is 6.10 Å². The van der Waals surface area contributed by atoms with Gasteiger partial charge in [0.2, 0.25) is 5.91 Å². The molecule has 2 unspecified atom stereocenters. The Morgan fingerprint density at radius 1 is 1.25 bits per heavy atom. The van der Waals surface area contributed by atoms with Crippen LogP contribution in [0.1, 0.15) is 38.4 Å². The average molecular weight is 334 g/mol. The third-order valence-corrected chi connectivity index (χ3v) is 4.40. The lowest BCUT2D eigenvalue weighted by molar-refractivity contribution is -0.123. The lowest BCUT2D eigenvalue weighted by Crippen LogP contribution is -2.49. The van der Waals surface area contributed by atoms with Crippen molar-refractivity contribution in [2.75, 3.05) is 32.8 Å². The van der Waals surface area contributed by atoms with Gasteiger partial charge in [-0.15, -0.1) is 0 Å². The van der Waals surface area contributed by atoms with Crippen molar-refractivity contribution in [1.29, 1.82) is 0 Å². The molecule has 0 saturated carbocycles. The molecule has 1 saturated heterocycles. The number of benzene rings is 1. The number of carbonyl (C=O) groups excluding carboxylic acids is 1. The number of hydrogen-bond donors (Lipinski definition) is 2. The fourth-order valence-electron chi connectivity index (χ4n) is 3.12. The number of carbonyl (C=O) groups is 1. The number of amides is 1. The maximum Gasteiger partial charge on any atom is 0.223 e. The molecule has 2 atom stereocenters. The SMILES string of the molecule is CC(C)CC(CNC(=O)CC(O)c1ccccc1)N1CCOCC1. The van der Waals surface area contributed by atoms with Gasteiger partial charge in [0.15, 0.2) is 0 Å². The molecule has 1 heterocycles. The largest absolute Gasteiger partial charge is 0.388 e. The van der Waals surface area contributed by atoms with E-state index in [1.54, 1.807) is 0 Å². The molecule has 0 spiro atoms. The Bertz CT molecular complexity index is 487. The summed E-state index contributed by atoms with van der Waals surface area (Å²) in [6.07, 6.45) is 0.390. The van der Waals surface area contributed by atoms with Crippen molar-refractivity contribution in [3.05, 3.63) is 35.9 Å². The number of hydrogen-bond acceptors (Lipinski definition) is 4. The Hall–Kier alpha value is -1.43. The molecule has 5 nitrogen and oxygen atoms in total. The number of ether oxygens (including phenoxy) is 1. The van der Waals surface area contributed by atoms with E-state index in [1.165, 1.54) is 0 Å². The Labute approximate surface area is 145 Å². The van der Waals surface area contributed by atoms with Gasteiger partial charge in [-0.05, 0) is 17.9 Å². The van der Waals surface area contributed by atoms with Crippen molar-refractivity contribution in [1.82, 2.24) is 10.2 Å². The van der Waals surface area contributed by atoms with Gasteiger partial charge in [-0.3, -0.25) is 9.69 Å². The molecule has 134 valence electrons. The quantitative estimate of drug-likeness (QED) is 0.763. The summed E-state index contributed by atoms with van der Waals surface area (Å²) in [6, 6.07) is 9.64. The number of nitrogens with one attached hydrogen (secondary N) is 1. The molecule has 1 aromatic rings. The molecule has 1 amide bonds. The summed E-state index contributed by atoms with van der Waals surface area (Å²) in [5.41, 5.74) is 0.777. The van der Waals surface area contributed by atoms with Gasteiger partial charge in [0.25, 0.3) is 0 Å². The molecule has 2 rings (SSSR count). The molecule has 1 aliphatic heterocycles. The van der Waals surface area contributed by atoms with Gasteiger partial charge < -0.3 is 15.2 Å². The molecule has 1 aromatic carbocycles. The van der Waals surface area contributed by atoms with Crippen molar-refractivity contribution >= 4 is 5.91 Å². The van der Waals surface area contributed by atoms with E-state index in [0.717, 1.165) is 38.3 Å². The Morgan fingerprint density at radius 3 is 2.54 bits per heavy atom. The molecule has 1 fully saturated rings. The summed E-state index contributed by atoms with van der Waals surface area (Å²) in [5.74, 6) is 0.470. The Kier molecular flexibility index (Phi) is 7.69. The third kappa shape index (κ3) is 6.23. The van der Waals surface area contributed by atoms with Crippen LogP contribution in [-0.4, -0.2) is 54.8 Å². The maximum absolute atomic E-state index is 12.2. The number of morpholine rings is 1. The predicted octanol–water partition coefficient (Wildman–Crippen LogP) is 1.97. The molecule has 0 radical (unpaired) electrons. The number of aliphatic hydroxyl groups is 1. The van der Waals surface area contributed by atoms with Crippen LogP contribution in [0.2, 0.25) is 0 Å². The van der Waals surface area contributed by atoms with E-state index in [9.17, 15) is 9.90 Å². The smallest absolute Gasteiger partial charge is 0.223 e. The zero-order chi connectivity index (χ0) is 17.4. The predicted molar refractivity (Wildman–Crippen MR) is 94.7 cm³/mol. The number of nitrogens with zero attached hydrogens (tertiary/aromatic N) is 1. The fraction of sp³-hybridized carbons (Fsp3) is 0.632. The molecule has 0 bridgehead atoms. The zero-order valence-electron chi connectivity index (χ0n) is 14.8. The van der Waals surface area contributed by atoms with E-state index >= 15 is 0 Å². The highest BCUT2D eigenvalue weighted by Gasteiger charge is 2.23. The van der Waals surface area contributed by atoms with Crippen LogP contribution in [0.5, 0.6) is 0 Å². The number of aliphatic hydroxyl groups excluding tert-OH is 1. The van der Waals surface area contributed by atoms with Crippen LogP contribution in [0.15, 0.2) is 30.3 Å². The van der Waals surface area contributed by atoms with Crippen LogP contribution in [0.25, 0.3) is 0 Å². The summed E-state index contributed by atoms with van der Waals surface area (Å²) in [5, 5.41) is 13.2. The third-order valence-electron chi connectivity index (χ3n) is 4.40. The average Bonchev–Trinajstić information content (AvgIpc) is 2.59. The van der Waals surface area contributed by atoms with Gasteiger partial charge in [0, 0.05) is 25.7 Å². The minimum Gasteiger partial charge on any atom is -0.388 e. The summed E-state index contributed by atoms with van der Waals surface area (Å²) < 4.78 is 5.42. The fourth-order valence-corrected chi connectivity index (χ4v) is 3.12. The normalized spacial score (nSPS) is 18.3. The highest BCUT2D eigenvalue weighted by Crippen LogP contribution is 2.16. The van der Waals surface area contributed by atoms with Crippen molar-refractivity contribution in [3.8, 4) is 0 Å². The van der Waals surface area contributed by atoms with Crippen molar-refractivity contribution < 1.29 is 14.6 Å². The minimum atomic E-state index is -0.752. The standard InChI is InChI=1S/C19H30N2O3/c1-15(2)12-17(21-8-10-24-11-9-21)14-20-19(23)13-18(22)16-6-4-3-5-7-16/h3-7,15,17-18,22H,8-14H2,1-2H3,(H,20,23). The summed E-state index contributed by atoms with van der Waals surface area (Å²) in [4.78, 5) is 14.6. The van der Waals surface area contributed by atoms with Gasteiger partial charge in [-0.25, -0.2) is 0 Å². The molecule has 2 N–H and O–H groups in total. The second-order valence-corrected chi connectivity index (χ2v) is 6.87. The van der Waals surface area contributed by atoms with Crippen LogP contribution in [0.3, 0.4) is 0 Å². The van der Waals surface area contributed by atoms with Gasteiger partial charge in [0.05, 0.1) is 25.7 Å². The first-order chi connectivity index (χ1) is 11.6. The first kappa shape index (κ1) is 18.9. The second-order valence-electron chi connectivity index (χ2n) is 6.87. The van der Waals surface area contributed by atoms with Crippen LogP contribution >= 0.6 is 0 Å². The van der Waals surface area contributed by atoms with E-state index in [0.29, 0.717) is 18.5 Å². The van der Waals surface area contributed by atoms with E-state index in [-0.39, 0.29) is 12.3 Å². The summed E-state index contributed by atoms with van der Waals surface area (Å²) >= 11 is 0. The lowest BCUT2D eigenvalue weighted by Gasteiger charge is -2.35. The lowest BCUT2D eigenvalue weighted by atomic mass is 10.0. The second kappa shape index (κ2) is 9.77. The molecule has 0 aromatic heterocycles. The van der Waals surface area contributed by atoms with Crippen LogP contribution in [0.4, 0.5) is 0 Å². The molecule has 5 heteroatoms. The van der Waals surface area contributed by atoms with Crippen LogP contribution in [0, 0.1) is 5.92 Å². The van der Waals surface area contributed by atoms with Crippen LogP contribution < -0.4 is 5.32 Å². The van der Waals surface area contributed by atoms with Gasteiger partial charge in [-0.1, -0.05) is 44.2 Å². The molecular formula is C19H30N2O3. The van der Waals surface area contributed by atoms with Crippen molar-refractivity contribution in [2.24, 2.45) is 5.92 Å². The number of rotatable bonds is 8. The van der Waals surface area contributed by atoms with Gasteiger partial charge in [0.1, 0.15) is 0 Å². The first-order valence-corrected chi connectivity index (χ1v) is 8.87. The van der Waals surface area contributed by atoms with Crippen molar-refractivity contribution in [2.45, 2.75) is 38.8 Å². The van der Waals surface area contributed by atoms with E-state index in [4.69, 9.17) is 4.74 Å². The van der Waals surface area contributed by atoms with Gasteiger partial charge >= 0.3 is 0 Å². The first-order valence-electron chi connectivity index (χ1n) is 8.87. The molecule has 1 aliphatic rings. The Balaban J connectivity index is 1.82. The maximum atomic E-state index is 12.2. The zero-order valence-corrected chi connectivity index (χ0v) is 14.8. The molecular weight excluding hydrogens is 304 g/mol. The Morgan fingerprint density at radius 2 is 1.92 bits per heavy atom. The highest BCUT2D eigenvalue weighted by atomic mass is 16.5. The minimum absolute atomic E-state index is 0.0987. The van der Waals surface area contributed by atoms with E-state index in [1.807, 2.05) is 30.3 Å². The molecule has 0 aliphatic carbocycles. The highest BCUT2D eigenvalue weighted by molar-refractivity contribution is 5.76. The monoisotopic (exact) mass is 334 g/mol. The van der Waals surface area contributed by atoms with E-state index in [2.05, 4.69) is 24.1 Å². The van der Waals surface area contributed by atoms with Gasteiger partial charge in [-0.2, -0.15) is 0 Å². The van der Waals surface area contributed by atoms with Crippen molar-refractivity contribution in [3.63, 3.8) is 0 Å². The topological polar surface area (TPSA) is 61.8 Å². The van der Waals surface area contributed by atoms with Crippen LogP contribution in [-0.2, 0) is 9.53 Å². The summed E-state index contributed by atoms with van der Waals surface area (Å²) in [7, 11) is 0. The molecule has 24 heavy (non-hydrogen) atoms. The summed E-state index contributed by atoms with van der Waals surface area (Å²) in [6.45, 7) is 8.38.